The van der Waals surface area contributed by atoms with E-state index < -0.39 is 6.04 Å². The van der Waals surface area contributed by atoms with Crippen LogP contribution in [0.3, 0.4) is 0 Å². The van der Waals surface area contributed by atoms with Crippen LogP contribution in [0.5, 0.6) is 0 Å². The number of allylic oxidation sites excluding steroid dienone is 1. The first-order valence-corrected chi connectivity index (χ1v) is 12.9. The predicted molar refractivity (Wildman–Crippen MR) is 127 cm³/mol. The summed E-state index contributed by atoms with van der Waals surface area (Å²) < 4.78 is 5.70. The van der Waals surface area contributed by atoms with Crippen LogP contribution in [-0.4, -0.2) is 29.3 Å². The van der Waals surface area contributed by atoms with Crippen LogP contribution < -0.4 is 5.32 Å². The molecule has 0 radical (unpaired) electrons. The van der Waals surface area contributed by atoms with Crippen molar-refractivity contribution in [3.05, 3.63) is 58.2 Å². The minimum Gasteiger partial charge on any atom is -0.467 e. The number of hydrogen-bond donors (Lipinski definition) is 1. The van der Waals surface area contributed by atoms with Gasteiger partial charge in [-0.15, -0.1) is 11.3 Å². The first-order chi connectivity index (χ1) is 15.7. The Morgan fingerprint density at radius 2 is 2.00 bits per heavy atom. The Morgan fingerprint density at radius 3 is 2.69 bits per heavy atom. The van der Waals surface area contributed by atoms with Gasteiger partial charge in [-0.1, -0.05) is 37.0 Å². The van der Waals surface area contributed by atoms with Gasteiger partial charge < -0.3 is 14.6 Å². The molecule has 0 saturated heterocycles. The molecule has 172 valence electrons. The molecule has 0 bridgehead atoms. The quantitative estimate of drug-likeness (QED) is 0.488. The van der Waals surface area contributed by atoms with E-state index in [1.807, 2.05) is 23.6 Å². The summed E-state index contributed by atoms with van der Waals surface area (Å²) in [6.45, 7) is 0.527. The Morgan fingerprint density at radius 1 is 1.12 bits per heavy atom. The lowest BCUT2D eigenvalue weighted by Gasteiger charge is -2.32. The van der Waals surface area contributed by atoms with Crippen molar-refractivity contribution in [2.75, 3.05) is 6.54 Å². The minimum atomic E-state index is -0.733. The third-order valence-electron chi connectivity index (χ3n) is 6.61. The molecule has 1 fully saturated rings. The molecule has 2 aliphatic rings. The van der Waals surface area contributed by atoms with E-state index in [1.165, 1.54) is 24.8 Å². The Hall–Kier alpha value is -2.34. The number of thiophene rings is 1. The van der Waals surface area contributed by atoms with Crippen molar-refractivity contribution in [3.8, 4) is 0 Å². The lowest BCUT2D eigenvalue weighted by atomic mass is 9.95. The molecule has 0 aliphatic heterocycles. The van der Waals surface area contributed by atoms with Crippen LogP contribution in [-0.2, 0) is 16.0 Å². The molecule has 0 aromatic carbocycles. The maximum atomic E-state index is 13.5. The van der Waals surface area contributed by atoms with Gasteiger partial charge in [0, 0.05) is 17.5 Å². The summed E-state index contributed by atoms with van der Waals surface area (Å²) >= 11 is 1.58. The van der Waals surface area contributed by atoms with Gasteiger partial charge in [-0.3, -0.25) is 9.59 Å². The molecule has 1 saturated carbocycles. The maximum absolute atomic E-state index is 13.5. The van der Waals surface area contributed by atoms with Crippen molar-refractivity contribution in [1.29, 1.82) is 0 Å². The summed E-state index contributed by atoms with van der Waals surface area (Å²) in [6.07, 6.45) is 15.2. The Labute approximate surface area is 194 Å². The molecule has 32 heavy (non-hydrogen) atoms. The Bertz CT molecular complexity index is 882. The summed E-state index contributed by atoms with van der Waals surface area (Å²) in [5.74, 6) is 0.392. The van der Waals surface area contributed by atoms with E-state index in [1.54, 1.807) is 28.6 Å². The molecule has 5 nitrogen and oxygen atoms in total. The SMILES string of the molecule is O=C(NC1CCCCC1)[C@@H](c1ccco1)N(CCC1=CCCCC1)C(=O)Cc1cccs1. The second kappa shape index (κ2) is 11.5. The molecule has 0 unspecified atom stereocenters. The zero-order valence-corrected chi connectivity index (χ0v) is 19.6. The van der Waals surface area contributed by atoms with Crippen LogP contribution in [0.4, 0.5) is 0 Å². The van der Waals surface area contributed by atoms with Gasteiger partial charge in [0.1, 0.15) is 5.76 Å². The summed E-state index contributed by atoms with van der Waals surface area (Å²) in [7, 11) is 0. The predicted octanol–water partition coefficient (Wildman–Crippen LogP) is 5.79. The summed E-state index contributed by atoms with van der Waals surface area (Å²) in [4.78, 5) is 29.8. The Kier molecular flexibility index (Phi) is 8.21. The van der Waals surface area contributed by atoms with Gasteiger partial charge in [-0.25, -0.2) is 0 Å². The standard InChI is InChI=1S/C26H34N2O3S/c29-24(19-22-13-8-18-32-22)28(16-15-20-9-3-1-4-10-20)25(23-14-7-17-31-23)26(30)27-21-11-5-2-6-12-21/h7-9,13-14,17-18,21,25H,1-6,10-12,15-16,19H2,(H,27,30)/t25-/m1/s1. The van der Waals surface area contributed by atoms with Gasteiger partial charge in [0.25, 0.3) is 5.91 Å². The van der Waals surface area contributed by atoms with E-state index in [2.05, 4.69) is 11.4 Å². The van der Waals surface area contributed by atoms with E-state index in [0.717, 1.165) is 49.8 Å². The monoisotopic (exact) mass is 454 g/mol. The number of rotatable bonds is 9. The zero-order chi connectivity index (χ0) is 22.2. The molecule has 2 aromatic rings. The third kappa shape index (κ3) is 6.12. The van der Waals surface area contributed by atoms with E-state index in [9.17, 15) is 9.59 Å². The highest BCUT2D eigenvalue weighted by atomic mass is 32.1. The number of carbonyl (C=O) groups excluding carboxylic acids is 2. The average Bonchev–Trinajstić information content (AvgIpc) is 3.52. The van der Waals surface area contributed by atoms with E-state index >= 15 is 0 Å². The molecule has 2 aliphatic carbocycles. The Balaban J connectivity index is 1.56. The van der Waals surface area contributed by atoms with Gasteiger partial charge in [-0.05, 0) is 68.5 Å². The summed E-state index contributed by atoms with van der Waals surface area (Å²) in [5.41, 5.74) is 1.40. The van der Waals surface area contributed by atoms with Crippen LogP contribution in [0.25, 0.3) is 0 Å². The molecule has 4 rings (SSSR count). The smallest absolute Gasteiger partial charge is 0.250 e. The molecule has 0 spiro atoms. The molecule has 2 amide bonds. The zero-order valence-electron chi connectivity index (χ0n) is 18.8. The lowest BCUT2D eigenvalue weighted by molar-refractivity contribution is -0.141. The van der Waals surface area contributed by atoms with E-state index in [-0.39, 0.29) is 17.9 Å². The van der Waals surface area contributed by atoms with Crippen molar-refractivity contribution >= 4 is 23.2 Å². The number of amides is 2. The van der Waals surface area contributed by atoms with Crippen molar-refractivity contribution in [3.63, 3.8) is 0 Å². The van der Waals surface area contributed by atoms with Crippen molar-refractivity contribution in [1.82, 2.24) is 10.2 Å². The number of furan rings is 1. The fourth-order valence-corrected chi connectivity index (χ4v) is 5.55. The number of carbonyl (C=O) groups is 2. The molecule has 1 N–H and O–H groups in total. The van der Waals surface area contributed by atoms with Crippen molar-refractivity contribution < 1.29 is 14.0 Å². The summed E-state index contributed by atoms with van der Waals surface area (Å²) in [6, 6.07) is 7.00. The van der Waals surface area contributed by atoms with Gasteiger partial charge in [0.15, 0.2) is 6.04 Å². The normalized spacial score (nSPS) is 18.1. The highest BCUT2D eigenvalue weighted by Crippen LogP contribution is 2.28. The first kappa shape index (κ1) is 22.8. The second-order valence-electron chi connectivity index (χ2n) is 8.96. The fourth-order valence-electron chi connectivity index (χ4n) is 4.86. The second-order valence-corrected chi connectivity index (χ2v) is 10.00. The molecule has 6 heteroatoms. The van der Waals surface area contributed by atoms with Gasteiger partial charge in [0.2, 0.25) is 5.91 Å². The van der Waals surface area contributed by atoms with E-state index in [4.69, 9.17) is 4.42 Å². The van der Waals surface area contributed by atoms with Gasteiger partial charge >= 0.3 is 0 Å². The first-order valence-electron chi connectivity index (χ1n) is 12.0. The topological polar surface area (TPSA) is 62.6 Å². The lowest BCUT2D eigenvalue weighted by Crippen LogP contribution is -2.47. The van der Waals surface area contributed by atoms with Crippen LogP contribution in [0.2, 0.25) is 0 Å². The summed E-state index contributed by atoms with van der Waals surface area (Å²) in [5, 5.41) is 5.22. The van der Waals surface area contributed by atoms with Crippen molar-refractivity contribution in [2.24, 2.45) is 0 Å². The van der Waals surface area contributed by atoms with Crippen LogP contribution in [0.1, 0.15) is 80.9 Å². The fraction of sp³-hybridized carbons (Fsp3) is 0.538. The molecule has 2 heterocycles. The van der Waals surface area contributed by atoms with Gasteiger partial charge in [0.05, 0.1) is 12.7 Å². The number of nitrogens with one attached hydrogen (secondary N) is 1. The maximum Gasteiger partial charge on any atom is 0.250 e. The third-order valence-corrected chi connectivity index (χ3v) is 7.49. The highest BCUT2D eigenvalue weighted by Gasteiger charge is 2.34. The molecule has 1 atom stereocenters. The average molecular weight is 455 g/mol. The van der Waals surface area contributed by atoms with E-state index in [0.29, 0.717) is 18.7 Å². The van der Waals surface area contributed by atoms with Gasteiger partial charge in [-0.2, -0.15) is 0 Å². The molecule has 2 aromatic heterocycles. The number of nitrogens with zero attached hydrogens (tertiary/aromatic N) is 1. The highest BCUT2D eigenvalue weighted by molar-refractivity contribution is 7.10. The largest absolute Gasteiger partial charge is 0.467 e. The van der Waals surface area contributed by atoms with Crippen molar-refractivity contribution in [2.45, 2.75) is 82.7 Å². The molecular weight excluding hydrogens is 420 g/mol. The minimum absolute atomic E-state index is 0.0240. The molecular formula is C26H34N2O3S. The van der Waals surface area contributed by atoms with Crippen LogP contribution in [0, 0.1) is 0 Å². The number of hydrogen-bond acceptors (Lipinski definition) is 4. The van der Waals surface area contributed by atoms with Crippen LogP contribution >= 0.6 is 11.3 Å². The van der Waals surface area contributed by atoms with Crippen LogP contribution in [0.15, 0.2) is 52.0 Å².